The van der Waals surface area contributed by atoms with Crippen molar-refractivity contribution in [2.45, 2.75) is 19.3 Å². The van der Waals surface area contributed by atoms with Crippen molar-refractivity contribution in [2.24, 2.45) is 5.41 Å². The highest BCUT2D eigenvalue weighted by atomic mass is 16.3. The molecule has 25 heavy (non-hydrogen) atoms. The Morgan fingerprint density at radius 1 is 1.08 bits per heavy atom. The van der Waals surface area contributed by atoms with Crippen LogP contribution >= 0.6 is 0 Å². The maximum absolute atomic E-state index is 12.7. The molecule has 0 saturated carbocycles. The lowest BCUT2D eigenvalue weighted by Gasteiger charge is -2.40. The molecule has 1 atom stereocenters. The van der Waals surface area contributed by atoms with Crippen molar-refractivity contribution in [1.29, 1.82) is 0 Å². The molecule has 2 aromatic heterocycles. The van der Waals surface area contributed by atoms with Gasteiger partial charge in [0.15, 0.2) is 5.76 Å². The summed E-state index contributed by atoms with van der Waals surface area (Å²) in [5.74, 6) is 0.225. The molecule has 7 nitrogen and oxygen atoms in total. The molecule has 0 aromatic carbocycles. The molecular formula is C18H20N4O3. The Morgan fingerprint density at radius 3 is 2.64 bits per heavy atom. The lowest BCUT2D eigenvalue weighted by molar-refractivity contribution is 0.0506. The van der Waals surface area contributed by atoms with Crippen molar-refractivity contribution in [3.05, 3.63) is 48.4 Å². The summed E-state index contributed by atoms with van der Waals surface area (Å²) in [4.78, 5) is 37.0. The lowest BCUT2D eigenvalue weighted by Crippen LogP contribution is -2.47. The van der Waals surface area contributed by atoms with Crippen molar-refractivity contribution >= 4 is 11.8 Å². The fourth-order valence-corrected chi connectivity index (χ4v) is 3.95. The second kappa shape index (κ2) is 6.31. The highest BCUT2D eigenvalue weighted by Gasteiger charge is 2.44. The standard InChI is InChI=1S/C18H20N4O3/c23-16(14-11-19-6-7-20-14)21-8-2-4-18(12-21)5-9-22(13-18)17(24)15-3-1-10-25-15/h1,3,6-7,10-11H,2,4-5,8-9,12-13H2/t18-/m1/s1. The van der Waals surface area contributed by atoms with Gasteiger partial charge in [0.1, 0.15) is 5.69 Å². The van der Waals surface area contributed by atoms with Gasteiger partial charge in [-0.1, -0.05) is 0 Å². The number of carbonyl (C=O) groups is 2. The molecule has 0 bridgehead atoms. The first kappa shape index (κ1) is 15.8. The fraction of sp³-hybridized carbons (Fsp3) is 0.444. The van der Waals surface area contributed by atoms with Crippen LogP contribution in [0.3, 0.4) is 0 Å². The number of carbonyl (C=O) groups excluding carboxylic acids is 2. The van der Waals surface area contributed by atoms with Gasteiger partial charge in [0.25, 0.3) is 11.8 Å². The number of likely N-dealkylation sites (tertiary alicyclic amines) is 2. The van der Waals surface area contributed by atoms with Crippen molar-refractivity contribution in [3.63, 3.8) is 0 Å². The van der Waals surface area contributed by atoms with Crippen LogP contribution in [0.25, 0.3) is 0 Å². The zero-order chi connectivity index (χ0) is 17.3. The van der Waals surface area contributed by atoms with E-state index in [4.69, 9.17) is 4.42 Å². The third-order valence-electron chi connectivity index (χ3n) is 5.19. The summed E-state index contributed by atoms with van der Waals surface area (Å²) in [5, 5.41) is 0. The molecule has 2 amide bonds. The number of aromatic nitrogens is 2. The third kappa shape index (κ3) is 3.01. The van der Waals surface area contributed by atoms with Gasteiger partial charge in [0.2, 0.25) is 0 Å². The highest BCUT2D eigenvalue weighted by molar-refractivity contribution is 5.92. The molecule has 7 heteroatoms. The first-order chi connectivity index (χ1) is 12.2. The minimum atomic E-state index is -0.0806. The Bertz CT molecular complexity index is 762. The van der Waals surface area contributed by atoms with E-state index >= 15 is 0 Å². The van der Waals surface area contributed by atoms with Gasteiger partial charge in [-0.05, 0) is 31.4 Å². The largest absolute Gasteiger partial charge is 0.459 e. The summed E-state index contributed by atoms with van der Waals surface area (Å²) in [7, 11) is 0. The molecule has 4 rings (SSSR count). The van der Waals surface area contributed by atoms with Crippen LogP contribution in [0.15, 0.2) is 41.4 Å². The monoisotopic (exact) mass is 340 g/mol. The first-order valence-corrected chi connectivity index (χ1v) is 8.55. The predicted molar refractivity (Wildman–Crippen MR) is 88.8 cm³/mol. The van der Waals surface area contributed by atoms with Crippen molar-refractivity contribution in [1.82, 2.24) is 19.8 Å². The number of rotatable bonds is 2. The number of piperidine rings is 1. The van der Waals surface area contributed by atoms with E-state index in [0.29, 0.717) is 31.1 Å². The van der Waals surface area contributed by atoms with Crippen LogP contribution in [-0.2, 0) is 0 Å². The van der Waals surface area contributed by atoms with Crippen molar-refractivity contribution in [3.8, 4) is 0 Å². The van der Waals surface area contributed by atoms with Crippen LogP contribution in [-0.4, -0.2) is 57.8 Å². The van der Waals surface area contributed by atoms with Gasteiger partial charge in [-0.25, -0.2) is 4.98 Å². The number of amides is 2. The SMILES string of the molecule is O=C(c1cnccn1)N1CCC[C@@]2(CCN(C(=O)c3ccco3)C2)C1. The number of hydrogen-bond donors (Lipinski definition) is 0. The Hall–Kier alpha value is -2.70. The molecule has 0 N–H and O–H groups in total. The molecule has 0 radical (unpaired) electrons. The van der Waals surface area contributed by atoms with Gasteiger partial charge in [0, 0.05) is 44.0 Å². The number of nitrogens with zero attached hydrogens (tertiary/aromatic N) is 4. The van der Waals surface area contributed by atoms with E-state index in [1.54, 1.807) is 18.3 Å². The van der Waals surface area contributed by atoms with Gasteiger partial charge in [-0.3, -0.25) is 14.6 Å². The van der Waals surface area contributed by atoms with Gasteiger partial charge in [-0.2, -0.15) is 0 Å². The average molecular weight is 340 g/mol. The maximum Gasteiger partial charge on any atom is 0.289 e. The van der Waals surface area contributed by atoms with E-state index in [1.165, 1.54) is 18.7 Å². The molecule has 2 fully saturated rings. The highest BCUT2D eigenvalue weighted by Crippen LogP contribution is 2.39. The molecule has 2 saturated heterocycles. The van der Waals surface area contributed by atoms with Gasteiger partial charge in [0.05, 0.1) is 12.5 Å². The van der Waals surface area contributed by atoms with Gasteiger partial charge >= 0.3 is 0 Å². The summed E-state index contributed by atoms with van der Waals surface area (Å²) in [6, 6.07) is 3.42. The zero-order valence-corrected chi connectivity index (χ0v) is 13.9. The number of hydrogen-bond acceptors (Lipinski definition) is 5. The average Bonchev–Trinajstić information content (AvgIpc) is 3.32. The predicted octanol–water partition coefficient (Wildman–Crippen LogP) is 1.84. The Kier molecular flexibility index (Phi) is 3.99. The van der Waals surface area contributed by atoms with E-state index in [2.05, 4.69) is 9.97 Å². The number of furan rings is 1. The summed E-state index contributed by atoms with van der Waals surface area (Å²) >= 11 is 0. The first-order valence-electron chi connectivity index (χ1n) is 8.55. The second-order valence-corrected chi connectivity index (χ2v) is 6.87. The quantitative estimate of drug-likeness (QED) is 0.833. The van der Waals surface area contributed by atoms with E-state index in [0.717, 1.165) is 25.8 Å². The summed E-state index contributed by atoms with van der Waals surface area (Å²) in [6.07, 6.45) is 8.99. The van der Waals surface area contributed by atoms with Gasteiger partial charge in [-0.15, -0.1) is 0 Å². The van der Waals surface area contributed by atoms with Crippen LogP contribution in [0.2, 0.25) is 0 Å². The van der Waals surface area contributed by atoms with E-state index < -0.39 is 0 Å². The topological polar surface area (TPSA) is 79.5 Å². The van der Waals surface area contributed by atoms with E-state index in [9.17, 15) is 9.59 Å². The van der Waals surface area contributed by atoms with E-state index in [1.807, 2.05) is 9.80 Å². The van der Waals surface area contributed by atoms with Crippen molar-refractivity contribution in [2.75, 3.05) is 26.2 Å². The Morgan fingerprint density at radius 2 is 1.92 bits per heavy atom. The minimum absolute atomic E-state index is 0.0294. The van der Waals surface area contributed by atoms with E-state index in [-0.39, 0.29) is 17.2 Å². The molecule has 2 aliphatic heterocycles. The molecule has 1 spiro atoms. The van der Waals surface area contributed by atoms with Crippen LogP contribution in [0.4, 0.5) is 0 Å². The Balaban J connectivity index is 1.46. The van der Waals surface area contributed by atoms with Crippen LogP contribution in [0.1, 0.15) is 40.3 Å². The maximum atomic E-state index is 12.7. The third-order valence-corrected chi connectivity index (χ3v) is 5.19. The molecule has 0 aliphatic carbocycles. The molecular weight excluding hydrogens is 320 g/mol. The van der Waals surface area contributed by atoms with Crippen LogP contribution in [0.5, 0.6) is 0 Å². The smallest absolute Gasteiger partial charge is 0.289 e. The zero-order valence-electron chi connectivity index (χ0n) is 13.9. The molecule has 4 heterocycles. The summed E-state index contributed by atoms with van der Waals surface area (Å²) in [5.41, 5.74) is 0.347. The normalized spacial score (nSPS) is 23.2. The molecule has 2 aromatic rings. The molecule has 0 unspecified atom stereocenters. The minimum Gasteiger partial charge on any atom is -0.459 e. The molecule has 130 valence electrons. The van der Waals surface area contributed by atoms with Crippen LogP contribution in [0, 0.1) is 5.41 Å². The second-order valence-electron chi connectivity index (χ2n) is 6.87. The van der Waals surface area contributed by atoms with Crippen molar-refractivity contribution < 1.29 is 14.0 Å². The summed E-state index contributed by atoms with van der Waals surface area (Å²) < 4.78 is 5.23. The fourth-order valence-electron chi connectivity index (χ4n) is 3.95. The lowest BCUT2D eigenvalue weighted by atomic mass is 9.79. The van der Waals surface area contributed by atoms with Crippen LogP contribution < -0.4 is 0 Å². The van der Waals surface area contributed by atoms with Gasteiger partial charge < -0.3 is 14.2 Å². The summed E-state index contributed by atoms with van der Waals surface area (Å²) in [6.45, 7) is 2.75. The molecule has 2 aliphatic rings. The Labute approximate surface area is 145 Å².